The number of hydrogen-bond acceptors (Lipinski definition) is 6. The van der Waals surface area contributed by atoms with Crippen LogP contribution in [0.1, 0.15) is 57.4 Å². The van der Waals surface area contributed by atoms with Crippen molar-refractivity contribution >= 4 is 23.6 Å². The molecular weight excluding hydrogens is 458 g/mol. The zero-order valence-corrected chi connectivity index (χ0v) is 20.2. The van der Waals surface area contributed by atoms with E-state index in [1.54, 1.807) is 58.0 Å². The van der Waals surface area contributed by atoms with E-state index in [4.69, 9.17) is 30.8 Å². The number of benzene rings is 2. The second-order valence-corrected chi connectivity index (χ2v) is 10.4. The van der Waals surface area contributed by atoms with Crippen LogP contribution in [0.5, 0.6) is 0 Å². The first kappa shape index (κ1) is 23.1. The van der Waals surface area contributed by atoms with E-state index in [2.05, 4.69) is 0 Å². The van der Waals surface area contributed by atoms with E-state index in [0.717, 1.165) is 10.5 Å². The van der Waals surface area contributed by atoms with Gasteiger partial charge in [-0.15, -0.1) is 0 Å². The largest absolute Gasteiger partial charge is 0.443 e. The Morgan fingerprint density at radius 3 is 2.38 bits per heavy atom. The first-order valence-electron chi connectivity index (χ1n) is 11.2. The van der Waals surface area contributed by atoms with Crippen LogP contribution >= 0.6 is 11.6 Å². The van der Waals surface area contributed by atoms with Gasteiger partial charge in [-0.05, 0) is 57.0 Å². The molecule has 0 N–H and O–H groups in total. The number of fused-ring (bicyclic) bond motifs is 2. The second-order valence-electron chi connectivity index (χ2n) is 10.00. The number of carbonyl (C=O) groups excluding carboxylic acids is 2. The number of halogens is 1. The minimum Gasteiger partial charge on any atom is -0.443 e. The summed E-state index contributed by atoms with van der Waals surface area (Å²) in [6, 6.07) is 15.9. The fraction of sp³-hybridized carbons (Fsp3) is 0.385. The van der Waals surface area contributed by atoms with Gasteiger partial charge in [0.15, 0.2) is 5.60 Å². The van der Waals surface area contributed by atoms with Gasteiger partial charge in [0.1, 0.15) is 11.7 Å². The Hall–Kier alpha value is -2.71. The smallest absolute Gasteiger partial charge is 0.417 e. The first-order chi connectivity index (χ1) is 16.0. The Morgan fingerprint density at radius 1 is 1.06 bits per heavy atom. The molecule has 0 radical (unpaired) electrons. The highest BCUT2D eigenvalue weighted by atomic mass is 35.5. The van der Waals surface area contributed by atoms with Gasteiger partial charge in [-0.25, -0.2) is 14.6 Å². The fourth-order valence-corrected chi connectivity index (χ4v) is 4.79. The number of likely N-dealkylation sites (tertiary alicyclic amines) is 1. The molecule has 178 valence electrons. The summed E-state index contributed by atoms with van der Waals surface area (Å²) < 4.78 is 12.1. The van der Waals surface area contributed by atoms with E-state index in [1.165, 1.54) is 0 Å². The summed E-state index contributed by atoms with van der Waals surface area (Å²) in [6.45, 7) is 7.06. The molecule has 8 heteroatoms. The molecule has 0 aliphatic carbocycles. The van der Waals surface area contributed by atoms with Crippen molar-refractivity contribution in [1.29, 1.82) is 0 Å². The number of amides is 2. The zero-order valence-electron chi connectivity index (χ0n) is 19.4. The molecule has 0 aromatic heterocycles. The van der Waals surface area contributed by atoms with Crippen molar-refractivity contribution in [2.45, 2.75) is 63.3 Å². The molecule has 4 aliphatic heterocycles. The molecule has 1 spiro atoms. The molecule has 6 rings (SSSR count). The molecule has 2 amide bonds. The molecule has 34 heavy (non-hydrogen) atoms. The molecule has 2 saturated heterocycles. The Bertz CT molecular complexity index is 1160. The Morgan fingerprint density at radius 2 is 1.74 bits per heavy atom. The molecular formula is C26H26ClNO6. The van der Waals surface area contributed by atoms with Crippen LogP contribution in [0.3, 0.4) is 0 Å². The summed E-state index contributed by atoms with van der Waals surface area (Å²) in [5.74, 6) is -2.01. The van der Waals surface area contributed by atoms with Gasteiger partial charge in [0, 0.05) is 11.4 Å². The molecule has 4 heterocycles. The third-order valence-corrected chi connectivity index (χ3v) is 6.45. The lowest BCUT2D eigenvalue weighted by Crippen LogP contribution is -2.64. The van der Waals surface area contributed by atoms with Crippen LogP contribution < -0.4 is 0 Å². The van der Waals surface area contributed by atoms with Gasteiger partial charge in [0.05, 0.1) is 11.6 Å². The summed E-state index contributed by atoms with van der Waals surface area (Å²) in [5, 5.41) is 0.541. The highest BCUT2D eigenvalue weighted by Gasteiger charge is 2.64. The van der Waals surface area contributed by atoms with Gasteiger partial charge in [0.25, 0.3) is 5.91 Å². The number of piperidine rings is 1. The molecule has 2 fully saturated rings. The Kier molecular flexibility index (Phi) is 5.37. The lowest BCUT2D eigenvalue weighted by Gasteiger charge is -2.56. The van der Waals surface area contributed by atoms with Crippen molar-refractivity contribution in [3.05, 3.63) is 82.4 Å². The molecule has 2 bridgehead atoms. The summed E-state index contributed by atoms with van der Waals surface area (Å²) in [6.07, 6.45) is 0.610. The van der Waals surface area contributed by atoms with Crippen molar-refractivity contribution in [2.24, 2.45) is 0 Å². The first-order valence-corrected chi connectivity index (χ1v) is 11.5. The fourth-order valence-electron chi connectivity index (χ4n) is 4.67. The monoisotopic (exact) mass is 483 g/mol. The molecule has 4 atom stereocenters. The quantitative estimate of drug-likeness (QED) is 0.513. The maximum Gasteiger partial charge on any atom is 0.417 e. The lowest BCUT2D eigenvalue weighted by molar-refractivity contribution is -0.521. The van der Waals surface area contributed by atoms with E-state index in [1.807, 2.05) is 30.3 Å². The van der Waals surface area contributed by atoms with Crippen LogP contribution in [0.25, 0.3) is 0 Å². The third-order valence-electron chi connectivity index (χ3n) is 6.20. The van der Waals surface area contributed by atoms with Crippen LogP contribution in [-0.4, -0.2) is 33.9 Å². The van der Waals surface area contributed by atoms with Crippen LogP contribution in [0, 0.1) is 0 Å². The van der Waals surface area contributed by atoms with E-state index in [-0.39, 0.29) is 12.0 Å². The van der Waals surface area contributed by atoms with Crippen LogP contribution in [-0.2, 0) is 24.0 Å². The van der Waals surface area contributed by atoms with Crippen LogP contribution in [0.2, 0.25) is 5.02 Å². The molecule has 0 saturated carbocycles. The third kappa shape index (κ3) is 3.82. The van der Waals surface area contributed by atoms with E-state index >= 15 is 0 Å². The number of rotatable bonds is 2. The topological polar surface area (TPSA) is 74.3 Å². The van der Waals surface area contributed by atoms with Crippen LogP contribution in [0.15, 0.2) is 66.2 Å². The number of imide groups is 1. The molecule has 7 nitrogen and oxygen atoms in total. The van der Waals surface area contributed by atoms with Gasteiger partial charge in [-0.2, -0.15) is 4.89 Å². The number of nitrogens with zero attached hydrogens (tertiary/aromatic N) is 1. The zero-order chi connectivity index (χ0) is 24.3. The number of hydrogen-bond donors (Lipinski definition) is 0. The summed E-state index contributed by atoms with van der Waals surface area (Å²) in [7, 11) is 0. The predicted molar refractivity (Wildman–Crippen MR) is 124 cm³/mol. The molecule has 4 aliphatic rings. The minimum absolute atomic E-state index is 0.130. The van der Waals surface area contributed by atoms with E-state index in [9.17, 15) is 9.59 Å². The molecule has 2 aromatic rings. The lowest BCUT2D eigenvalue weighted by atomic mass is 9.78. The normalized spacial score (nSPS) is 30.6. The summed E-state index contributed by atoms with van der Waals surface area (Å²) >= 11 is 6.09. The average molecular weight is 484 g/mol. The standard InChI is InChI=1S/C26H26ClNO6/c1-24(2,3)32-23(30)28-20(16-10-12-18(27)13-11-16)15-26-19(22(28)29)14-25(4,33-34-26)21(31-26)17-8-6-5-7-9-17/h5-14,20-21H,15H2,1-4H3/t20?,21?,25-,26+/m1/s1. The van der Waals surface area contributed by atoms with Crippen molar-refractivity contribution in [1.82, 2.24) is 4.90 Å². The summed E-state index contributed by atoms with van der Waals surface area (Å²) in [4.78, 5) is 39.8. The van der Waals surface area contributed by atoms with Crippen molar-refractivity contribution < 1.29 is 28.8 Å². The second kappa shape index (κ2) is 7.92. The van der Waals surface area contributed by atoms with Crippen molar-refractivity contribution in [3.63, 3.8) is 0 Å². The molecule has 2 unspecified atom stereocenters. The maximum atomic E-state index is 13.8. The van der Waals surface area contributed by atoms with Gasteiger partial charge >= 0.3 is 6.09 Å². The highest BCUT2D eigenvalue weighted by Crippen LogP contribution is 2.56. The average Bonchev–Trinajstić information content (AvgIpc) is 2.78. The van der Waals surface area contributed by atoms with Gasteiger partial charge < -0.3 is 9.47 Å². The number of ether oxygens (including phenoxy) is 2. The number of carbonyl (C=O) groups is 2. The Labute approximate surface area is 203 Å². The molecule has 2 aromatic carbocycles. The predicted octanol–water partition coefficient (Wildman–Crippen LogP) is 5.66. The van der Waals surface area contributed by atoms with Crippen molar-refractivity contribution in [3.8, 4) is 0 Å². The van der Waals surface area contributed by atoms with E-state index < -0.39 is 41.1 Å². The Balaban J connectivity index is 1.60. The highest BCUT2D eigenvalue weighted by molar-refractivity contribution is 6.30. The SMILES string of the molecule is CC(C)(C)OC(=O)N1C(=O)C2=C[C@@]3(C)OO[C@]2(CC1c1ccc(Cl)cc1)OC3c1ccccc1. The van der Waals surface area contributed by atoms with Gasteiger partial charge in [0.2, 0.25) is 5.79 Å². The van der Waals surface area contributed by atoms with Crippen LogP contribution in [0.4, 0.5) is 4.79 Å². The minimum atomic E-state index is -1.47. The van der Waals surface area contributed by atoms with Gasteiger partial charge in [-0.1, -0.05) is 54.1 Å². The van der Waals surface area contributed by atoms with E-state index in [0.29, 0.717) is 10.6 Å². The summed E-state index contributed by atoms with van der Waals surface area (Å²) in [5.41, 5.74) is -0.0184. The van der Waals surface area contributed by atoms with Gasteiger partial charge in [-0.3, -0.25) is 4.79 Å². The maximum absolute atomic E-state index is 13.8. The van der Waals surface area contributed by atoms with Crippen molar-refractivity contribution in [2.75, 3.05) is 0 Å².